The van der Waals surface area contributed by atoms with Crippen LogP contribution in [0.25, 0.3) is 10.1 Å². The topological polar surface area (TPSA) is 78.8 Å². The first kappa shape index (κ1) is 15.8. The van der Waals surface area contributed by atoms with Crippen molar-refractivity contribution in [2.75, 3.05) is 26.4 Å². The van der Waals surface area contributed by atoms with Crippen LogP contribution >= 0.6 is 11.3 Å². The molecule has 0 aliphatic carbocycles. The average molecular weight is 313 g/mol. The van der Waals surface area contributed by atoms with Gasteiger partial charge in [-0.3, -0.25) is 0 Å². The van der Waals surface area contributed by atoms with Crippen molar-refractivity contribution in [1.29, 1.82) is 0 Å². The van der Waals surface area contributed by atoms with E-state index in [9.17, 15) is 14.3 Å². The van der Waals surface area contributed by atoms with Crippen molar-refractivity contribution in [2.24, 2.45) is 0 Å². The van der Waals surface area contributed by atoms with Crippen LogP contribution < -0.4 is 5.32 Å². The van der Waals surface area contributed by atoms with Gasteiger partial charge in [-0.25, -0.2) is 9.18 Å². The van der Waals surface area contributed by atoms with Gasteiger partial charge < -0.3 is 20.3 Å². The number of aliphatic hydroxyl groups excluding tert-OH is 1. The molecule has 0 atom stereocenters. The van der Waals surface area contributed by atoms with Gasteiger partial charge in [-0.1, -0.05) is 6.07 Å². The van der Waals surface area contributed by atoms with Gasteiger partial charge in [-0.2, -0.15) is 0 Å². The number of aromatic carboxylic acids is 1. The van der Waals surface area contributed by atoms with Gasteiger partial charge in [0.1, 0.15) is 10.7 Å². The number of carbonyl (C=O) groups is 1. The molecule has 1 heterocycles. The smallest absolute Gasteiger partial charge is 0.346 e. The summed E-state index contributed by atoms with van der Waals surface area (Å²) < 4.78 is 19.6. The van der Waals surface area contributed by atoms with E-state index >= 15 is 0 Å². The third-order valence-corrected chi connectivity index (χ3v) is 4.10. The van der Waals surface area contributed by atoms with Crippen LogP contribution in [0.2, 0.25) is 0 Å². The third-order valence-electron chi connectivity index (χ3n) is 2.92. The first-order valence-electron chi connectivity index (χ1n) is 6.47. The van der Waals surface area contributed by atoms with E-state index in [1.54, 1.807) is 12.1 Å². The van der Waals surface area contributed by atoms with Crippen molar-refractivity contribution in [3.8, 4) is 0 Å². The highest BCUT2D eigenvalue weighted by Crippen LogP contribution is 2.33. The number of hydrogen-bond donors (Lipinski definition) is 3. The summed E-state index contributed by atoms with van der Waals surface area (Å²) in [6, 6.07) is 4.61. The zero-order chi connectivity index (χ0) is 15.2. The predicted octanol–water partition coefficient (Wildman–Crippen LogP) is 1.84. The highest BCUT2D eigenvalue weighted by atomic mass is 32.1. The van der Waals surface area contributed by atoms with Gasteiger partial charge in [0.15, 0.2) is 0 Å². The fourth-order valence-corrected chi connectivity index (χ4v) is 3.11. The average Bonchev–Trinajstić information content (AvgIpc) is 2.83. The molecule has 0 fully saturated rings. The Morgan fingerprint density at radius 3 is 2.90 bits per heavy atom. The molecule has 21 heavy (non-hydrogen) atoms. The molecule has 0 aliphatic heterocycles. The number of nitrogens with one attached hydrogen (secondary N) is 1. The molecular weight excluding hydrogens is 297 g/mol. The van der Waals surface area contributed by atoms with Crippen LogP contribution in [-0.2, 0) is 11.3 Å². The second-order valence-corrected chi connectivity index (χ2v) is 5.39. The normalized spacial score (nSPS) is 11.1. The minimum atomic E-state index is -1.05. The van der Waals surface area contributed by atoms with Gasteiger partial charge in [0.05, 0.1) is 19.8 Å². The van der Waals surface area contributed by atoms with Crippen LogP contribution in [0.3, 0.4) is 0 Å². The Kier molecular flexibility index (Phi) is 5.63. The molecular formula is C14H16FNO4S. The van der Waals surface area contributed by atoms with E-state index in [1.165, 1.54) is 6.07 Å². The third kappa shape index (κ3) is 3.76. The van der Waals surface area contributed by atoms with Crippen LogP contribution in [0.15, 0.2) is 18.2 Å². The zero-order valence-electron chi connectivity index (χ0n) is 11.3. The minimum Gasteiger partial charge on any atom is -0.477 e. The Morgan fingerprint density at radius 1 is 1.38 bits per heavy atom. The molecule has 0 bridgehead atoms. The molecule has 7 heteroatoms. The van der Waals surface area contributed by atoms with Gasteiger partial charge in [0, 0.05) is 28.7 Å². The van der Waals surface area contributed by atoms with Crippen molar-refractivity contribution < 1.29 is 24.1 Å². The predicted molar refractivity (Wildman–Crippen MR) is 78.4 cm³/mol. The lowest BCUT2D eigenvalue weighted by Gasteiger charge is -2.06. The number of thiophene rings is 1. The number of carboxylic acids is 1. The number of benzene rings is 1. The van der Waals surface area contributed by atoms with Crippen LogP contribution in [0.5, 0.6) is 0 Å². The number of halogens is 1. The number of carboxylic acid groups (broad SMARTS) is 1. The summed E-state index contributed by atoms with van der Waals surface area (Å²) in [6.45, 7) is 1.37. The molecule has 3 N–H and O–H groups in total. The summed E-state index contributed by atoms with van der Waals surface area (Å²) in [6.07, 6.45) is 0. The molecule has 0 amide bonds. The van der Waals surface area contributed by atoms with Crippen molar-refractivity contribution in [2.45, 2.75) is 6.54 Å². The van der Waals surface area contributed by atoms with E-state index in [0.29, 0.717) is 28.8 Å². The van der Waals surface area contributed by atoms with Crippen molar-refractivity contribution in [3.63, 3.8) is 0 Å². The molecule has 5 nitrogen and oxygen atoms in total. The van der Waals surface area contributed by atoms with E-state index in [4.69, 9.17) is 9.84 Å². The number of aliphatic hydroxyl groups is 1. The molecule has 0 aliphatic rings. The Hall–Kier alpha value is -1.54. The maximum atomic E-state index is 13.9. The number of ether oxygens (including phenoxy) is 1. The molecule has 1 aromatic carbocycles. The fraction of sp³-hybridized carbons (Fsp3) is 0.357. The lowest BCUT2D eigenvalue weighted by Crippen LogP contribution is -2.21. The largest absolute Gasteiger partial charge is 0.477 e. The van der Waals surface area contributed by atoms with E-state index < -0.39 is 11.8 Å². The summed E-state index contributed by atoms with van der Waals surface area (Å²) in [7, 11) is 0. The van der Waals surface area contributed by atoms with E-state index in [0.717, 1.165) is 11.3 Å². The maximum absolute atomic E-state index is 13.9. The molecule has 2 aromatic rings. The van der Waals surface area contributed by atoms with Crippen LogP contribution in [-0.4, -0.2) is 42.5 Å². The number of fused-ring (bicyclic) bond motifs is 1. The summed E-state index contributed by atoms with van der Waals surface area (Å²) in [4.78, 5) is 11.4. The SMILES string of the molecule is O=C(O)c1sc2cccc(F)c2c1CNCCOCCO. The molecule has 0 spiro atoms. The summed E-state index contributed by atoms with van der Waals surface area (Å²) in [5.41, 5.74) is 0.461. The zero-order valence-corrected chi connectivity index (χ0v) is 12.1. The van der Waals surface area contributed by atoms with Gasteiger partial charge >= 0.3 is 5.97 Å². The highest BCUT2D eigenvalue weighted by Gasteiger charge is 2.19. The molecule has 114 valence electrons. The quantitative estimate of drug-likeness (QED) is 0.648. The molecule has 0 unspecified atom stereocenters. The summed E-state index contributed by atoms with van der Waals surface area (Å²) in [5.74, 6) is -1.46. The monoisotopic (exact) mass is 313 g/mol. The Bertz CT molecular complexity index is 629. The lowest BCUT2D eigenvalue weighted by molar-refractivity contribution is 0.0701. The van der Waals surface area contributed by atoms with Crippen molar-refractivity contribution in [3.05, 3.63) is 34.5 Å². The van der Waals surface area contributed by atoms with Gasteiger partial charge in [-0.15, -0.1) is 11.3 Å². The summed E-state index contributed by atoms with van der Waals surface area (Å²) >= 11 is 1.07. The number of rotatable bonds is 8. The number of hydrogen-bond acceptors (Lipinski definition) is 5. The molecule has 2 rings (SSSR count). The molecule has 0 saturated carbocycles. The van der Waals surface area contributed by atoms with Gasteiger partial charge in [-0.05, 0) is 12.1 Å². The van der Waals surface area contributed by atoms with E-state index in [1.807, 2.05) is 0 Å². The Balaban J connectivity index is 2.13. The molecule has 1 aromatic heterocycles. The van der Waals surface area contributed by atoms with Crippen molar-refractivity contribution >= 4 is 27.4 Å². The second-order valence-electron chi connectivity index (χ2n) is 4.34. The van der Waals surface area contributed by atoms with Gasteiger partial charge in [0.25, 0.3) is 0 Å². The maximum Gasteiger partial charge on any atom is 0.346 e. The lowest BCUT2D eigenvalue weighted by atomic mass is 10.1. The van der Waals surface area contributed by atoms with Crippen LogP contribution in [0, 0.1) is 5.82 Å². The minimum absolute atomic E-state index is 0.0382. The fourth-order valence-electron chi connectivity index (χ4n) is 2.03. The second kappa shape index (κ2) is 7.46. The van der Waals surface area contributed by atoms with E-state index in [-0.39, 0.29) is 24.6 Å². The van der Waals surface area contributed by atoms with Gasteiger partial charge in [0.2, 0.25) is 0 Å². The first-order valence-corrected chi connectivity index (χ1v) is 7.29. The van der Waals surface area contributed by atoms with Crippen LogP contribution in [0.4, 0.5) is 4.39 Å². The van der Waals surface area contributed by atoms with Crippen molar-refractivity contribution in [1.82, 2.24) is 5.32 Å². The first-order chi connectivity index (χ1) is 10.1. The highest BCUT2D eigenvalue weighted by molar-refractivity contribution is 7.21. The molecule has 0 saturated heterocycles. The molecule has 0 radical (unpaired) electrons. The summed E-state index contributed by atoms with van der Waals surface area (Å²) in [5, 5.41) is 21.2. The van der Waals surface area contributed by atoms with Crippen LogP contribution in [0.1, 0.15) is 15.2 Å². The standard InChI is InChI=1S/C14H16FNO4S/c15-10-2-1-3-11-12(10)9(13(21-11)14(18)19)8-16-4-6-20-7-5-17/h1-3,16-17H,4-8H2,(H,18,19). The Labute approximate surface area is 125 Å². The Morgan fingerprint density at radius 2 is 2.19 bits per heavy atom. The van der Waals surface area contributed by atoms with E-state index in [2.05, 4.69) is 5.32 Å².